The van der Waals surface area contributed by atoms with Crippen molar-refractivity contribution < 1.29 is 31.9 Å². The van der Waals surface area contributed by atoms with Crippen LogP contribution in [0, 0.1) is 5.82 Å². The van der Waals surface area contributed by atoms with Crippen LogP contribution in [-0.2, 0) is 22.3 Å². The number of carbonyl (C=O) groups is 2. The Morgan fingerprint density at radius 3 is 2.45 bits per heavy atom. The Balaban J connectivity index is 1.23. The molecule has 42 heavy (non-hydrogen) atoms. The van der Waals surface area contributed by atoms with Gasteiger partial charge >= 0.3 is 6.18 Å². The third kappa shape index (κ3) is 6.54. The van der Waals surface area contributed by atoms with Crippen molar-refractivity contribution in [3.8, 4) is 0 Å². The molecule has 0 aliphatic carbocycles. The first kappa shape index (κ1) is 29.5. The number of carbonyl (C=O) groups excluding carboxylic acids is 2. The van der Waals surface area contributed by atoms with E-state index in [1.165, 1.54) is 24.7 Å². The zero-order valence-electron chi connectivity index (χ0n) is 22.1. The van der Waals surface area contributed by atoms with E-state index in [-0.39, 0.29) is 53.8 Å². The van der Waals surface area contributed by atoms with Crippen LogP contribution in [0.2, 0.25) is 5.02 Å². The van der Waals surface area contributed by atoms with Gasteiger partial charge in [-0.2, -0.15) is 13.2 Å². The summed E-state index contributed by atoms with van der Waals surface area (Å²) in [6, 6.07) is 3.58. The number of pyridine rings is 1. The van der Waals surface area contributed by atoms with Crippen LogP contribution in [0.15, 0.2) is 42.9 Å². The Morgan fingerprint density at radius 2 is 1.81 bits per heavy atom. The van der Waals surface area contributed by atoms with Gasteiger partial charge in [0.15, 0.2) is 0 Å². The van der Waals surface area contributed by atoms with E-state index in [2.05, 4.69) is 30.9 Å². The van der Waals surface area contributed by atoms with Crippen LogP contribution in [0.5, 0.6) is 0 Å². The highest BCUT2D eigenvalue weighted by Crippen LogP contribution is 2.37. The molecule has 2 aliphatic heterocycles. The molecule has 3 N–H and O–H groups in total. The van der Waals surface area contributed by atoms with Gasteiger partial charge in [0.25, 0.3) is 5.91 Å². The maximum absolute atomic E-state index is 13.4. The fourth-order valence-corrected chi connectivity index (χ4v) is 4.95. The molecule has 1 atom stereocenters. The minimum absolute atomic E-state index is 0.0550. The van der Waals surface area contributed by atoms with Crippen molar-refractivity contribution in [1.29, 1.82) is 0 Å². The SMILES string of the molecule is O=C(N[C@@]1(C(=O)NCc2ncc(Nc3ccc(F)cc3C(F)(F)F)cc2Cl)CCOC1)c1cnc(N2CCCC2)nc1. The summed E-state index contributed by atoms with van der Waals surface area (Å²) in [6.45, 7) is 1.78. The molecule has 0 spiro atoms. The predicted molar refractivity (Wildman–Crippen MR) is 145 cm³/mol. The zero-order valence-corrected chi connectivity index (χ0v) is 22.9. The molecule has 0 unspecified atom stereocenters. The van der Waals surface area contributed by atoms with Gasteiger partial charge < -0.3 is 25.6 Å². The van der Waals surface area contributed by atoms with E-state index < -0.39 is 34.9 Å². The highest BCUT2D eigenvalue weighted by molar-refractivity contribution is 6.31. The number of hydrogen-bond donors (Lipinski definition) is 3. The summed E-state index contributed by atoms with van der Waals surface area (Å²) in [5.74, 6) is -1.54. The third-order valence-electron chi connectivity index (χ3n) is 7.00. The summed E-state index contributed by atoms with van der Waals surface area (Å²) < 4.78 is 58.8. The van der Waals surface area contributed by atoms with Crippen molar-refractivity contribution in [3.05, 3.63) is 70.5 Å². The van der Waals surface area contributed by atoms with E-state index in [0.29, 0.717) is 12.0 Å². The lowest BCUT2D eigenvalue weighted by atomic mass is 9.96. The number of anilines is 3. The number of ether oxygens (including phenoxy) is 1. The lowest BCUT2D eigenvalue weighted by Crippen LogP contribution is -2.59. The van der Waals surface area contributed by atoms with Gasteiger partial charge in [0.1, 0.15) is 11.4 Å². The average Bonchev–Trinajstić information content (AvgIpc) is 3.67. The molecule has 5 rings (SSSR count). The largest absolute Gasteiger partial charge is 0.418 e. The summed E-state index contributed by atoms with van der Waals surface area (Å²) in [5, 5.41) is 8.07. The summed E-state index contributed by atoms with van der Waals surface area (Å²) >= 11 is 6.30. The van der Waals surface area contributed by atoms with Crippen LogP contribution < -0.4 is 20.9 Å². The Hall–Kier alpha value is -4.04. The lowest BCUT2D eigenvalue weighted by Gasteiger charge is -2.27. The minimum Gasteiger partial charge on any atom is -0.378 e. The molecular weight excluding hydrogens is 582 g/mol. The maximum Gasteiger partial charge on any atom is 0.418 e. The van der Waals surface area contributed by atoms with Crippen LogP contribution in [-0.4, -0.2) is 58.6 Å². The van der Waals surface area contributed by atoms with Crippen LogP contribution in [0.3, 0.4) is 0 Å². The maximum atomic E-state index is 13.4. The van der Waals surface area contributed by atoms with Gasteiger partial charge in [-0.1, -0.05) is 11.6 Å². The fourth-order valence-electron chi connectivity index (χ4n) is 4.72. The topological polar surface area (TPSA) is 121 Å². The molecule has 15 heteroatoms. The highest BCUT2D eigenvalue weighted by atomic mass is 35.5. The van der Waals surface area contributed by atoms with Gasteiger partial charge in [-0.15, -0.1) is 0 Å². The van der Waals surface area contributed by atoms with Crippen molar-refractivity contribution >= 4 is 40.7 Å². The number of amides is 2. The van der Waals surface area contributed by atoms with Crippen molar-refractivity contribution in [3.63, 3.8) is 0 Å². The molecule has 0 bridgehead atoms. The van der Waals surface area contributed by atoms with E-state index in [9.17, 15) is 27.2 Å². The monoisotopic (exact) mass is 607 g/mol. The average molecular weight is 608 g/mol. The molecule has 2 saturated heterocycles. The standard InChI is InChI=1S/C27H26ClF4N7O3/c28-20-10-18(37-21-4-3-17(29)9-19(21)27(30,31)32)13-33-22(20)14-34-24(41)26(5-8-42-15-26)38-23(40)16-11-35-25(36-12-16)39-6-1-2-7-39/h3-4,9-13,37H,1-2,5-8,14-15H2,(H,34,41)(H,38,40)/t26-/m0/s1. The van der Waals surface area contributed by atoms with Gasteiger partial charge in [-0.05, 0) is 37.1 Å². The van der Waals surface area contributed by atoms with E-state index >= 15 is 0 Å². The normalized spacial score (nSPS) is 18.6. The van der Waals surface area contributed by atoms with E-state index in [0.717, 1.165) is 38.1 Å². The first-order valence-electron chi connectivity index (χ1n) is 13.1. The van der Waals surface area contributed by atoms with Crippen molar-refractivity contribution in [1.82, 2.24) is 25.6 Å². The molecule has 4 heterocycles. The van der Waals surface area contributed by atoms with E-state index in [1.54, 1.807) is 0 Å². The third-order valence-corrected chi connectivity index (χ3v) is 7.33. The Bertz CT molecular complexity index is 1460. The van der Waals surface area contributed by atoms with E-state index in [4.69, 9.17) is 16.3 Å². The minimum atomic E-state index is -4.79. The molecule has 2 aromatic heterocycles. The predicted octanol–water partition coefficient (Wildman–Crippen LogP) is 4.23. The molecule has 2 amide bonds. The number of aromatic nitrogens is 3. The van der Waals surface area contributed by atoms with Crippen LogP contribution in [0.4, 0.5) is 34.9 Å². The smallest absolute Gasteiger partial charge is 0.378 e. The number of nitrogens with zero attached hydrogens (tertiary/aromatic N) is 4. The summed E-state index contributed by atoms with van der Waals surface area (Å²) in [4.78, 5) is 41.0. The molecule has 2 aliphatic rings. The first-order valence-corrected chi connectivity index (χ1v) is 13.5. The fraction of sp³-hybridized carbons (Fsp3) is 0.370. The van der Waals surface area contributed by atoms with Crippen LogP contribution >= 0.6 is 11.6 Å². The van der Waals surface area contributed by atoms with Crippen molar-refractivity contribution in [2.24, 2.45) is 0 Å². The molecule has 3 aromatic rings. The van der Waals surface area contributed by atoms with Crippen molar-refractivity contribution in [2.75, 3.05) is 36.5 Å². The second-order valence-electron chi connectivity index (χ2n) is 9.95. The summed E-state index contributed by atoms with van der Waals surface area (Å²) in [7, 11) is 0. The van der Waals surface area contributed by atoms with Gasteiger partial charge in [0, 0.05) is 38.5 Å². The molecule has 0 radical (unpaired) electrons. The summed E-state index contributed by atoms with van der Waals surface area (Å²) in [5.41, 5.74) is -2.36. The number of nitrogens with one attached hydrogen (secondary N) is 3. The second-order valence-corrected chi connectivity index (χ2v) is 10.4. The molecule has 2 fully saturated rings. The molecule has 10 nitrogen and oxygen atoms in total. The second kappa shape index (κ2) is 12.1. The molecule has 222 valence electrons. The number of rotatable bonds is 8. The van der Waals surface area contributed by atoms with Gasteiger partial charge in [-0.3, -0.25) is 14.6 Å². The number of benzene rings is 1. The van der Waals surface area contributed by atoms with Gasteiger partial charge in [-0.25, -0.2) is 14.4 Å². The zero-order chi connectivity index (χ0) is 29.9. The van der Waals surface area contributed by atoms with Crippen molar-refractivity contribution in [2.45, 2.75) is 37.5 Å². The Morgan fingerprint density at radius 1 is 1.07 bits per heavy atom. The van der Waals surface area contributed by atoms with Crippen LogP contribution in [0.25, 0.3) is 0 Å². The van der Waals surface area contributed by atoms with Gasteiger partial charge in [0.05, 0.1) is 52.6 Å². The lowest BCUT2D eigenvalue weighted by molar-refractivity contribution is -0.137. The summed E-state index contributed by atoms with van der Waals surface area (Å²) in [6.07, 6.45) is 1.62. The Kier molecular flexibility index (Phi) is 8.45. The first-order chi connectivity index (χ1) is 20.0. The number of hydrogen-bond acceptors (Lipinski definition) is 8. The highest BCUT2D eigenvalue weighted by Gasteiger charge is 2.44. The molecule has 0 saturated carbocycles. The van der Waals surface area contributed by atoms with Crippen LogP contribution in [0.1, 0.15) is 40.9 Å². The van der Waals surface area contributed by atoms with E-state index in [1.807, 2.05) is 4.90 Å². The quantitative estimate of drug-likeness (QED) is 0.325. The number of halogens is 5. The molecular formula is C27H26ClF4N7O3. The molecule has 1 aromatic carbocycles. The van der Waals surface area contributed by atoms with Gasteiger partial charge in [0.2, 0.25) is 11.9 Å². The number of alkyl halides is 3. The Labute approximate surface area is 242 Å².